The highest BCUT2D eigenvalue weighted by Crippen LogP contribution is 2.59. The fourth-order valence-corrected chi connectivity index (χ4v) is 5.82. The van der Waals surface area contributed by atoms with E-state index in [0.29, 0.717) is 18.4 Å². The Hall–Kier alpha value is -0.320. The zero-order valence-electron chi connectivity index (χ0n) is 12.5. The van der Waals surface area contributed by atoms with E-state index in [0.717, 1.165) is 24.3 Å². The van der Waals surface area contributed by atoms with Crippen molar-refractivity contribution < 1.29 is 9.90 Å². The van der Waals surface area contributed by atoms with Gasteiger partial charge in [-0.05, 0) is 68.1 Å². The quantitative estimate of drug-likeness (QED) is 0.739. The van der Waals surface area contributed by atoms with Crippen LogP contribution in [-0.4, -0.2) is 36.2 Å². The summed E-state index contributed by atoms with van der Waals surface area (Å²) in [5.74, 6) is 2.90. The summed E-state index contributed by atoms with van der Waals surface area (Å²) in [6.07, 6.45) is 8.55. The van der Waals surface area contributed by atoms with Crippen LogP contribution >= 0.6 is 12.4 Å². The molecule has 0 aromatic heterocycles. The molecule has 1 heterocycles. The Balaban J connectivity index is 0.00000132. The number of aliphatic hydroxyl groups excluding tert-OH is 1. The molecule has 1 amide bonds. The van der Waals surface area contributed by atoms with Crippen LogP contribution in [0.15, 0.2) is 0 Å². The Morgan fingerprint density at radius 1 is 1.10 bits per heavy atom. The molecule has 120 valence electrons. The van der Waals surface area contributed by atoms with Crippen LogP contribution < -0.4 is 10.6 Å². The van der Waals surface area contributed by atoms with E-state index in [1.165, 1.54) is 38.5 Å². The third kappa shape index (κ3) is 2.95. The summed E-state index contributed by atoms with van der Waals surface area (Å²) in [7, 11) is 0. The Bertz CT molecular complexity index is 380. The van der Waals surface area contributed by atoms with Gasteiger partial charge in [0.25, 0.3) is 0 Å². The number of hydrogen-bond acceptors (Lipinski definition) is 3. The Labute approximate surface area is 132 Å². The number of carbonyl (C=O) groups is 1. The largest absolute Gasteiger partial charge is 0.392 e. The predicted molar refractivity (Wildman–Crippen MR) is 83.3 cm³/mol. The van der Waals surface area contributed by atoms with Gasteiger partial charge in [-0.2, -0.15) is 0 Å². The first-order valence-corrected chi connectivity index (χ1v) is 8.31. The van der Waals surface area contributed by atoms with Crippen LogP contribution in [0, 0.1) is 23.2 Å². The molecule has 0 aromatic carbocycles. The monoisotopic (exact) mass is 314 g/mol. The van der Waals surface area contributed by atoms with Crippen molar-refractivity contribution in [3.05, 3.63) is 0 Å². The van der Waals surface area contributed by atoms with Gasteiger partial charge in [0.15, 0.2) is 0 Å². The van der Waals surface area contributed by atoms with Gasteiger partial charge < -0.3 is 15.7 Å². The van der Waals surface area contributed by atoms with Crippen LogP contribution in [0.4, 0.5) is 0 Å². The summed E-state index contributed by atoms with van der Waals surface area (Å²) in [6.45, 7) is 1.42. The molecule has 0 aromatic rings. The minimum Gasteiger partial charge on any atom is -0.392 e. The van der Waals surface area contributed by atoms with Crippen LogP contribution in [-0.2, 0) is 4.79 Å². The SMILES string of the molecule is Cl.O=C(NCC12CC3CC(CC(C3)C1)C2)C1CC(O)CN1. The van der Waals surface area contributed by atoms with Gasteiger partial charge in [-0.15, -0.1) is 12.4 Å². The number of nitrogens with one attached hydrogen (secondary N) is 2. The number of aliphatic hydroxyl groups is 1. The van der Waals surface area contributed by atoms with Crippen LogP contribution in [0.25, 0.3) is 0 Å². The maximum Gasteiger partial charge on any atom is 0.237 e. The second kappa shape index (κ2) is 5.71. The standard InChI is InChI=1S/C16H26N2O2.ClH/c19-13-4-14(17-8-13)15(20)18-9-16-5-10-1-11(6-16)3-12(2-10)7-16;/h10-14,17,19H,1-9H2,(H,18,20);1H. The third-order valence-electron chi connectivity index (χ3n) is 6.23. The number of carbonyl (C=O) groups excluding carboxylic acids is 1. The summed E-state index contributed by atoms with van der Waals surface area (Å²) in [5, 5.41) is 15.8. The maximum atomic E-state index is 12.2. The highest BCUT2D eigenvalue weighted by atomic mass is 35.5. The van der Waals surface area contributed by atoms with Crippen molar-refractivity contribution >= 4 is 18.3 Å². The van der Waals surface area contributed by atoms with Gasteiger partial charge in [0.1, 0.15) is 0 Å². The molecule has 1 saturated heterocycles. The highest BCUT2D eigenvalue weighted by Gasteiger charge is 2.50. The second-order valence-corrected chi connectivity index (χ2v) is 7.99. The van der Waals surface area contributed by atoms with E-state index in [2.05, 4.69) is 10.6 Å². The van der Waals surface area contributed by atoms with E-state index in [4.69, 9.17) is 0 Å². The Kier molecular flexibility index (Phi) is 4.23. The van der Waals surface area contributed by atoms with E-state index in [9.17, 15) is 9.90 Å². The molecule has 1 aliphatic heterocycles. The topological polar surface area (TPSA) is 61.4 Å². The summed E-state index contributed by atoms with van der Waals surface area (Å²) in [5.41, 5.74) is 0.404. The molecule has 5 fully saturated rings. The van der Waals surface area contributed by atoms with E-state index < -0.39 is 0 Å². The van der Waals surface area contributed by atoms with Crippen molar-refractivity contribution in [1.82, 2.24) is 10.6 Å². The summed E-state index contributed by atoms with van der Waals surface area (Å²) >= 11 is 0. The Morgan fingerprint density at radius 3 is 2.14 bits per heavy atom. The second-order valence-electron chi connectivity index (χ2n) is 7.99. The summed E-state index contributed by atoms with van der Waals surface area (Å²) in [4.78, 5) is 12.2. The van der Waals surface area contributed by atoms with Gasteiger partial charge in [-0.1, -0.05) is 0 Å². The molecule has 4 aliphatic carbocycles. The van der Waals surface area contributed by atoms with Crippen molar-refractivity contribution in [1.29, 1.82) is 0 Å². The lowest BCUT2D eigenvalue weighted by Crippen LogP contribution is -2.52. The van der Waals surface area contributed by atoms with Gasteiger partial charge in [0.05, 0.1) is 12.1 Å². The van der Waals surface area contributed by atoms with Gasteiger partial charge in [-0.25, -0.2) is 0 Å². The number of rotatable bonds is 3. The first-order chi connectivity index (χ1) is 9.62. The minimum atomic E-state index is -0.356. The molecule has 4 saturated carbocycles. The molecule has 2 atom stereocenters. The normalized spacial score (nSPS) is 47.2. The zero-order valence-corrected chi connectivity index (χ0v) is 13.3. The van der Waals surface area contributed by atoms with Crippen molar-refractivity contribution in [2.75, 3.05) is 13.1 Å². The summed E-state index contributed by atoms with van der Waals surface area (Å²) in [6, 6.07) is -0.182. The Morgan fingerprint density at radius 2 is 1.67 bits per heavy atom. The van der Waals surface area contributed by atoms with Gasteiger partial charge >= 0.3 is 0 Å². The van der Waals surface area contributed by atoms with Crippen LogP contribution in [0.2, 0.25) is 0 Å². The molecular formula is C16H27ClN2O2. The van der Waals surface area contributed by atoms with Crippen molar-refractivity contribution in [2.24, 2.45) is 23.2 Å². The average Bonchev–Trinajstić information content (AvgIpc) is 2.81. The first-order valence-electron chi connectivity index (χ1n) is 8.31. The number of amides is 1. The molecular weight excluding hydrogens is 288 g/mol. The molecule has 4 nitrogen and oxygen atoms in total. The molecule has 2 unspecified atom stereocenters. The number of halogens is 1. The zero-order chi connectivity index (χ0) is 13.7. The molecule has 0 radical (unpaired) electrons. The lowest BCUT2D eigenvalue weighted by Gasteiger charge is -2.57. The summed E-state index contributed by atoms with van der Waals surface area (Å²) < 4.78 is 0. The fraction of sp³-hybridized carbons (Fsp3) is 0.938. The predicted octanol–water partition coefficient (Wildman–Crippen LogP) is 1.46. The van der Waals surface area contributed by atoms with Gasteiger partial charge in [0, 0.05) is 13.1 Å². The van der Waals surface area contributed by atoms with Crippen molar-refractivity contribution in [3.63, 3.8) is 0 Å². The smallest absolute Gasteiger partial charge is 0.237 e. The first kappa shape index (κ1) is 15.6. The van der Waals surface area contributed by atoms with Crippen LogP contribution in [0.5, 0.6) is 0 Å². The highest BCUT2D eigenvalue weighted by molar-refractivity contribution is 5.85. The number of β-amino-alcohol motifs (C(OH)–C–C–N with tert-alkyl or cyclic N) is 1. The molecule has 0 spiro atoms. The molecule has 5 rings (SSSR count). The van der Waals surface area contributed by atoms with Crippen molar-refractivity contribution in [2.45, 2.75) is 57.1 Å². The van der Waals surface area contributed by atoms with Crippen molar-refractivity contribution in [3.8, 4) is 0 Å². The van der Waals surface area contributed by atoms with Gasteiger partial charge in [0.2, 0.25) is 5.91 Å². The molecule has 21 heavy (non-hydrogen) atoms. The van der Waals surface area contributed by atoms with Crippen LogP contribution in [0.1, 0.15) is 44.9 Å². The lowest BCUT2D eigenvalue weighted by atomic mass is 9.49. The van der Waals surface area contributed by atoms with E-state index in [1.807, 2.05) is 0 Å². The van der Waals surface area contributed by atoms with Gasteiger partial charge in [-0.3, -0.25) is 4.79 Å². The molecule has 5 heteroatoms. The molecule has 4 bridgehead atoms. The fourth-order valence-electron chi connectivity index (χ4n) is 5.82. The average molecular weight is 315 g/mol. The maximum absolute atomic E-state index is 12.2. The number of hydrogen-bond donors (Lipinski definition) is 3. The lowest BCUT2D eigenvalue weighted by molar-refractivity contribution is -0.125. The minimum absolute atomic E-state index is 0. The van der Waals surface area contributed by atoms with E-state index in [1.54, 1.807) is 0 Å². The third-order valence-corrected chi connectivity index (χ3v) is 6.23. The molecule has 5 aliphatic rings. The van der Waals surface area contributed by atoms with Crippen LogP contribution in [0.3, 0.4) is 0 Å². The molecule has 3 N–H and O–H groups in total. The van der Waals surface area contributed by atoms with E-state index >= 15 is 0 Å². The van der Waals surface area contributed by atoms with E-state index in [-0.39, 0.29) is 30.5 Å².